The van der Waals surface area contributed by atoms with Crippen LogP contribution in [-0.4, -0.2) is 19.7 Å². The monoisotopic (exact) mass is 220 g/mol. The summed E-state index contributed by atoms with van der Waals surface area (Å²) in [5.41, 5.74) is 6.27. The number of aromatic nitrogens is 4. The number of fused-ring (bicyclic) bond motifs is 1. The maximum Gasteiger partial charge on any atom is 0.236 e. The van der Waals surface area contributed by atoms with Crippen molar-refractivity contribution in [2.75, 3.05) is 5.73 Å². The number of hydrogen-bond donors (Lipinski definition) is 2. The van der Waals surface area contributed by atoms with Gasteiger partial charge in [0, 0.05) is 6.54 Å². The molecule has 2 rings (SSSR count). The van der Waals surface area contributed by atoms with Crippen LogP contribution in [-0.2, 0) is 6.54 Å². The predicted molar refractivity (Wildman–Crippen MR) is 57.5 cm³/mol. The van der Waals surface area contributed by atoms with Gasteiger partial charge in [-0.15, -0.1) is 0 Å². The average Bonchev–Trinajstić information content (AvgIpc) is 2.55. The number of nitrogens with one attached hydrogen (secondary N) is 1. The van der Waals surface area contributed by atoms with Crippen molar-refractivity contribution in [2.24, 2.45) is 0 Å². The van der Waals surface area contributed by atoms with Gasteiger partial charge in [-0.1, -0.05) is 12.2 Å². The fourth-order valence-corrected chi connectivity index (χ4v) is 1.70. The molecule has 0 saturated carbocycles. The Bertz CT molecular complexity index is 616. The number of nitrogens with zero attached hydrogens (tertiary/aromatic N) is 4. The summed E-state index contributed by atoms with van der Waals surface area (Å²) in [6.07, 6.45) is 0. The summed E-state index contributed by atoms with van der Waals surface area (Å²) in [5, 5.41) is 12.3. The van der Waals surface area contributed by atoms with Crippen molar-refractivity contribution in [1.82, 2.24) is 19.7 Å². The molecule has 0 spiro atoms. The predicted octanol–water partition coefficient (Wildman–Crippen LogP) is 0.963. The zero-order chi connectivity index (χ0) is 11.0. The van der Waals surface area contributed by atoms with E-state index in [4.69, 9.17) is 23.2 Å². The summed E-state index contributed by atoms with van der Waals surface area (Å²) in [4.78, 5) is 7.89. The Morgan fingerprint density at radius 2 is 2.33 bits per heavy atom. The standard InChI is InChI=1S/C8H8N6S/c1-2-14-7-5(8(15)13-14)6(10)11-4(3-9)12-7/h2H2,1H3,(H,13,15)(H2,10,11,12). The molecule has 0 fully saturated rings. The zero-order valence-corrected chi connectivity index (χ0v) is 8.80. The maximum atomic E-state index is 8.72. The molecular weight excluding hydrogens is 212 g/mol. The molecule has 0 aliphatic carbocycles. The smallest absolute Gasteiger partial charge is 0.236 e. The van der Waals surface area contributed by atoms with Crippen LogP contribution in [0.2, 0.25) is 0 Å². The molecule has 0 bridgehead atoms. The average molecular weight is 220 g/mol. The molecule has 0 unspecified atom stereocenters. The van der Waals surface area contributed by atoms with E-state index < -0.39 is 0 Å². The first kappa shape index (κ1) is 9.61. The number of rotatable bonds is 1. The van der Waals surface area contributed by atoms with Crippen molar-refractivity contribution in [3.05, 3.63) is 10.5 Å². The van der Waals surface area contributed by atoms with E-state index >= 15 is 0 Å². The topological polar surface area (TPSA) is 96.3 Å². The van der Waals surface area contributed by atoms with Crippen molar-refractivity contribution in [3.63, 3.8) is 0 Å². The van der Waals surface area contributed by atoms with Crippen molar-refractivity contribution in [1.29, 1.82) is 5.26 Å². The third kappa shape index (κ3) is 1.35. The Morgan fingerprint density at radius 3 is 2.93 bits per heavy atom. The minimum Gasteiger partial charge on any atom is -0.383 e. The van der Waals surface area contributed by atoms with E-state index in [2.05, 4.69) is 15.1 Å². The Morgan fingerprint density at radius 1 is 1.60 bits per heavy atom. The van der Waals surface area contributed by atoms with E-state index in [0.29, 0.717) is 22.2 Å². The molecule has 6 nitrogen and oxygen atoms in total. The number of anilines is 1. The van der Waals surface area contributed by atoms with Crippen molar-refractivity contribution < 1.29 is 0 Å². The SMILES string of the molecule is CCn1[nH]c(=S)c2c(N)nc(C#N)nc21. The second-order valence-corrected chi connectivity index (χ2v) is 3.34. The third-order valence-electron chi connectivity index (χ3n) is 2.05. The van der Waals surface area contributed by atoms with Gasteiger partial charge in [0.15, 0.2) is 5.65 Å². The van der Waals surface area contributed by atoms with Gasteiger partial charge < -0.3 is 5.73 Å². The van der Waals surface area contributed by atoms with Crippen LogP contribution in [0.3, 0.4) is 0 Å². The Kier molecular flexibility index (Phi) is 2.13. The van der Waals surface area contributed by atoms with Gasteiger partial charge in [0.05, 0.1) is 5.39 Å². The van der Waals surface area contributed by atoms with E-state index in [9.17, 15) is 0 Å². The van der Waals surface area contributed by atoms with Gasteiger partial charge >= 0.3 is 0 Å². The highest BCUT2D eigenvalue weighted by molar-refractivity contribution is 7.71. The van der Waals surface area contributed by atoms with E-state index in [0.717, 1.165) is 0 Å². The second kappa shape index (κ2) is 3.33. The second-order valence-electron chi connectivity index (χ2n) is 2.93. The number of H-pyrrole nitrogens is 1. The summed E-state index contributed by atoms with van der Waals surface area (Å²) in [7, 11) is 0. The van der Waals surface area contributed by atoms with E-state index in [1.54, 1.807) is 4.68 Å². The molecule has 2 aromatic heterocycles. The fraction of sp³-hybridized carbons (Fsp3) is 0.250. The van der Waals surface area contributed by atoms with Crippen LogP contribution in [0.1, 0.15) is 12.7 Å². The molecule has 3 N–H and O–H groups in total. The Balaban J connectivity index is 2.95. The number of nitrogen functional groups attached to an aromatic ring is 1. The molecule has 0 atom stereocenters. The van der Waals surface area contributed by atoms with Crippen LogP contribution in [0.5, 0.6) is 0 Å². The number of nitrogens with two attached hydrogens (primary N) is 1. The Hall–Kier alpha value is -1.94. The molecular formula is C8H8N6S. The lowest BCUT2D eigenvalue weighted by molar-refractivity contribution is 0.673. The summed E-state index contributed by atoms with van der Waals surface area (Å²) in [6.45, 7) is 2.61. The van der Waals surface area contributed by atoms with Gasteiger partial charge in [-0.05, 0) is 6.92 Å². The molecule has 0 radical (unpaired) electrons. The quantitative estimate of drug-likeness (QED) is 0.698. The van der Waals surface area contributed by atoms with Crippen LogP contribution in [0.15, 0.2) is 0 Å². The van der Waals surface area contributed by atoms with Gasteiger partial charge in [0.2, 0.25) is 5.82 Å². The van der Waals surface area contributed by atoms with Crippen molar-refractivity contribution >= 4 is 29.1 Å². The van der Waals surface area contributed by atoms with Crippen LogP contribution >= 0.6 is 12.2 Å². The normalized spacial score (nSPS) is 10.4. The van der Waals surface area contributed by atoms with Crippen molar-refractivity contribution in [3.8, 4) is 6.07 Å². The van der Waals surface area contributed by atoms with Crippen LogP contribution in [0.4, 0.5) is 5.82 Å². The van der Waals surface area contributed by atoms with Crippen LogP contribution in [0, 0.1) is 16.0 Å². The van der Waals surface area contributed by atoms with E-state index in [-0.39, 0.29) is 11.6 Å². The molecule has 0 aliphatic rings. The molecule has 7 heteroatoms. The van der Waals surface area contributed by atoms with Gasteiger partial charge in [-0.25, -0.2) is 4.98 Å². The highest BCUT2D eigenvalue weighted by Gasteiger charge is 2.11. The van der Waals surface area contributed by atoms with Crippen LogP contribution < -0.4 is 5.73 Å². The number of aromatic amines is 1. The molecule has 2 heterocycles. The largest absolute Gasteiger partial charge is 0.383 e. The van der Waals surface area contributed by atoms with Crippen LogP contribution in [0.25, 0.3) is 11.0 Å². The first-order valence-electron chi connectivity index (χ1n) is 4.33. The molecule has 0 saturated heterocycles. The van der Waals surface area contributed by atoms with E-state index in [1.807, 2.05) is 13.0 Å². The van der Waals surface area contributed by atoms with E-state index in [1.165, 1.54) is 0 Å². The number of nitriles is 1. The number of hydrogen-bond acceptors (Lipinski definition) is 5. The lowest BCUT2D eigenvalue weighted by Gasteiger charge is -1.99. The summed E-state index contributed by atoms with van der Waals surface area (Å²) in [5.74, 6) is 0.293. The molecule has 2 aromatic rings. The zero-order valence-electron chi connectivity index (χ0n) is 7.98. The van der Waals surface area contributed by atoms with Crippen molar-refractivity contribution in [2.45, 2.75) is 13.5 Å². The minimum atomic E-state index is 0.0520. The third-order valence-corrected chi connectivity index (χ3v) is 2.35. The highest BCUT2D eigenvalue weighted by atomic mass is 32.1. The molecule has 15 heavy (non-hydrogen) atoms. The van der Waals surface area contributed by atoms with Gasteiger partial charge in [0.1, 0.15) is 16.5 Å². The lowest BCUT2D eigenvalue weighted by Crippen LogP contribution is -2.01. The first-order valence-corrected chi connectivity index (χ1v) is 4.74. The molecule has 0 aromatic carbocycles. The van der Waals surface area contributed by atoms with Gasteiger partial charge in [-0.2, -0.15) is 10.2 Å². The molecule has 76 valence electrons. The highest BCUT2D eigenvalue weighted by Crippen LogP contribution is 2.18. The van der Waals surface area contributed by atoms with Gasteiger partial charge in [-0.3, -0.25) is 9.78 Å². The van der Waals surface area contributed by atoms with Gasteiger partial charge in [0.25, 0.3) is 0 Å². The maximum absolute atomic E-state index is 8.72. The molecule has 0 amide bonds. The first-order chi connectivity index (χ1) is 7.17. The Labute approximate surface area is 90.3 Å². The fourth-order valence-electron chi connectivity index (χ4n) is 1.39. The summed E-state index contributed by atoms with van der Waals surface area (Å²) in [6, 6.07) is 1.86. The summed E-state index contributed by atoms with van der Waals surface area (Å²) < 4.78 is 2.23. The number of aryl methyl sites for hydroxylation is 1. The molecule has 0 aliphatic heterocycles. The minimum absolute atomic E-state index is 0.0520. The summed E-state index contributed by atoms with van der Waals surface area (Å²) >= 11 is 5.09. The lowest BCUT2D eigenvalue weighted by atomic mass is 10.4.